The lowest BCUT2D eigenvalue weighted by atomic mass is 10.2. The van der Waals surface area contributed by atoms with Gasteiger partial charge in [-0.15, -0.1) is 0 Å². The van der Waals surface area contributed by atoms with Gasteiger partial charge in [-0.25, -0.2) is 9.97 Å². The van der Waals surface area contributed by atoms with Crippen molar-refractivity contribution in [2.75, 3.05) is 23.3 Å². The molecule has 2 aromatic rings. The van der Waals surface area contributed by atoms with Crippen molar-refractivity contribution >= 4 is 33.3 Å². The van der Waals surface area contributed by atoms with Crippen LogP contribution in [-0.4, -0.2) is 23.1 Å². The van der Waals surface area contributed by atoms with Crippen LogP contribution in [0, 0.1) is 6.92 Å². The van der Waals surface area contributed by atoms with E-state index in [0.717, 1.165) is 40.7 Å². The Balaban J connectivity index is 1.82. The van der Waals surface area contributed by atoms with Crippen LogP contribution in [0.2, 0.25) is 0 Å². The zero-order valence-corrected chi connectivity index (χ0v) is 14.4. The first-order chi connectivity index (χ1) is 10.7. The van der Waals surface area contributed by atoms with Gasteiger partial charge in [0.25, 0.3) is 0 Å². The van der Waals surface area contributed by atoms with Gasteiger partial charge in [0.2, 0.25) is 0 Å². The van der Waals surface area contributed by atoms with Crippen LogP contribution < -0.4 is 10.2 Å². The molecule has 1 saturated heterocycles. The van der Waals surface area contributed by atoms with Crippen LogP contribution in [-0.2, 0) is 0 Å². The van der Waals surface area contributed by atoms with Gasteiger partial charge < -0.3 is 10.2 Å². The van der Waals surface area contributed by atoms with E-state index in [1.165, 1.54) is 25.7 Å². The van der Waals surface area contributed by atoms with Crippen LogP contribution in [0.1, 0.15) is 31.5 Å². The van der Waals surface area contributed by atoms with Crippen molar-refractivity contribution in [3.8, 4) is 0 Å². The molecule has 1 aliphatic heterocycles. The normalized spacial score (nSPS) is 15.5. The predicted molar refractivity (Wildman–Crippen MR) is 94.9 cm³/mol. The van der Waals surface area contributed by atoms with Gasteiger partial charge >= 0.3 is 0 Å². The molecule has 5 heteroatoms. The number of halogens is 1. The lowest BCUT2D eigenvalue weighted by Crippen LogP contribution is -2.25. The third kappa shape index (κ3) is 3.97. The minimum absolute atomic E-state index is 0.805. The molecular weight excluding hydrogens is 340 g/mol. The summed E-state index contributed by atoms with van der Waals surface area (Å²) >= 11 is 3.49. The highest BCUT2D eigenvalue weighted by molar-refractivity contribution is 9.10. The van der Waals surface area contributed by atoms with Crippen LogP contribution >= 0.6 is 15.9 Å². The second-order valence-electron chi connectivity index (χ2n) is 5.70. The summed E-state index contributed by atoms with van der Waals surface area (Å²) in [5.74, 6) is 2.69. The van der Waals surface area contributed by atoms with Crippen LogP contribution in [0.3, 0.4) is 0 Å². The zero-order chi connectivity index (χ0) is 15.4. The maximum atomic E-state index is 4.62. The number of aromatic nitrogens is 2. The van der Waals surface area contributed by atoms with E-state index in [1.54, 1.807) is 0 Å². The molecule has 1 fully saturated rings. The summed E-state index contributed by atoms with van der Waals surface area (Å²) in [6.45, 7) is 4.13. The zero-order valence-electron chi connectivity index (χ0n) is 12.8. The van der Waals surface area contributed by atoms with Crippen molar-refractivity contribution < 1.29 is 0 Å². The van der Waals surface area contributed by atoms with E-state index in [4.69, 9.17) is 0 Å². The Morgan fingerprint density at radius 1 is 1.05 bits per heavy atom. The molecule has 0 saturated carbocycles. The fraction of sp³-hybridized carbons (Fsp3) is 0.412. The number of hydrogen-bond acceptors (Lipinski definition) is 4. The van der Waals surface area contributed by atoms with Gasteiger partial charge in [0.15, 0.2) is 0 Å². The third-order valence-corrected chi connectivity index (χ3v) is 4.34. The summed E-state index contributed by atoms with van der Waals surface area (Å²) in [5.41, 5.74) is 1.02. The van der Waals surface area contributed by atoms with Gasteiger partial charge in [-0.1, -0.05) is 34.8 Å². The number of hydrogen-bond donors (Lipinski definition) is 1. The molecule has 2 heterocycles. The van der Waals surface area contributed by atoms with Gasteiger partial charge in [0.1, 0.15) is 17.5 Å². The molecule has 1 aliphatic rings. The Kier molecular flexibility index (Phi) is 4.93. The molecule has 3 rings (SSSR count). The van der Waals surface area contributed by atoms with Gasteiger partial charge in [0.05, 0.1) is 0 Å². The molecule has 1 aromatic carbocycles. The summed E-state index contributed by atoms with van der Waals surface area (Å²) in [4.78, 5) is 11.5. The summed E-state index contributed by atoms with van der Waals surface area (Å²) in [6.07, 6.45) is 5.14. The molecule has 22 heavy (non-hydrogen) atoms. The topological polar surface area (TPSA) is 41.1 Å². The monoisotopic (exact) mass is 360 g/mol. The van der Waals surface area contributed by atoms with Crippen LogP contribution in [0.25, 0.3) is 0 Å². The number of aryl methyl sites for hydroxylation is 1. The van der Waals surface area contributed by atoms with Gasteiger partial charge in [-0.3, -0.25) is 0 Å². The first kappa shape index (κ1) is 15.3. The number of nitrogens with one attached hydrogen (secondary N) is 1. The molecular formula is C17H21BrN4. The van der Waals surface area contributed by atoms with Crippen LogP contribution in [0.15, 0.2) is 34.8 Å². The maximum Gasteiger partial charge on any atom is 0.136 e. The molecule has 1 N–H and O–H groups in total. The van der Waals surface area contributed by atoms with Crippen LogP contribution in [0.4, 0.5) is 17.3 Å². The molecule has 1 aromatic heterocycles. The van der Waals surface area contributed by atoms with E-state index < -0.39 is 0 Å². The van der Waals surface area contributed by atoms with E-state index in [1.807, 2.05) is 31.2 Å². The largest absolute Gasteiger partial charge is 0.356 e. The smallest absolute Gasteiger partial charge is 0.136 e. The Bertz CT molecular complexity index is 636. The molecule has 4 nitrogen and oxygen atoms in total. The highest BCUT2D eigenvalue weighted by atomic mass is 79.9. The van der Waals surface area contributed by atoms with Crippen molar-refractivity contribution in [1.29, 1.82) is 0 Å². The highest BCUT2D eigenvalue weighted by Crippen LogP contribution is 2.23. The maximum absolute atomic E-state index is 4.62. The minimum atomic E-state index is 0.805. The molecule has 0 radical (unpaired) electrons. The number of benzene rings is 1. The summed E-state index contributed by atoms with van der Waals surface area (Å²) in [7, 11) is 0. The Hall–Kier alpha value is -1.62. The first-order valence-corrected chi connectivity index (χ1v) is 8.63. The fourth-order valence-corrected chi connectivity index (χ4v) is 3.19. The second-order valence-corrected chi connectivity index (χ2v) is 6.61. The summed E-state index contributed by atoms with van der Waals surface area (Å²) in [5, 5.41) is 3.37. The molecule has 116 valence electrons. The summed E-state index contributed by atoms with van der Waals surface area (Å²) < 4.78 is 1.05. The number of anilines is 3. The van der Waals surface area contributed by atoms with Gasteiger partial charge in [-0.2, -0.15) is 0 Å². The Labute approximate surface area is 140 Å². The lowest BCUT2D eigenvalue weighted by Gasteiger charge is -2.22. The van der Waals surface area contributed by atoms with Crippen molar-refractivity contribution in [2.24, 2.45) is 0 Å². The number of nitrogens with zero attached hydrogens (tertiary/aromatic N) is 3. The van der Waals surface area contributed by atoms with Crippen LogP contribution in [0.5, 0.6) is 0 Å². The average molecular weight is 361 g/mol. The van der Waals surface area contributed by atoms with E-state index >= 15 is 0 Å². The van der Waals surface area contributed by atoms with Crippen molar-refractivity contribution in [3.05, 3.63) is 40.6 Å². The van der Waals surface area contributed by atoms with Crippen molar-refractivity contribution in [3.63, 3.8) is 0 Å². The lowest BCUT2D eigenvalue weighted by molar-refractivity contribution is 0.726. The van der Waals surface area contributed by atoms with Gasteiger partial charge in [-0.05, 0) is 38.0 Å². The standard InChI is InChI=1S/C17H21BrN4/c1-13-19-16(21-15-8-6-7-14(18)11-15)12-17(20-13)22-9-4-2-3-5-10-22/h6-8,11-12H,2-5,9-10H2,1H3,(H,19,20,21). The Morgan fingerprint density at radius 2 is 1.82 bits per heavy atom. The van der Waals surface area contributed by atoms with E-state index in [2.05, 4.69) is 42.2 Å². The SMILES string of the molecule is Cc1nc(Nc2cccc(Br)c2)cc(N2CCCCCC2)n1. The van der Waals surface area contributed by atoms with E-state index in [0.29, 0.717) is 0 Å². The fourth-order valence-electron chi connectivity index (χ4n) is 2.79. The molecule has 0 atom stereocenters. The van der Waals surface area contributed by atoms with E-state index in [9.17, 15) is 0 Å². The molecule has 0 aliphatic carbocycles. The second kappa shape index (κ2) is 7.09. The third-order valence-electron chi connectivity index (χ3n) is 3.85. The molecule has 0 bridgehead atoms. The highest BCUT2D eigenvalue weighted by Gasteiger charge is 2.13. The van der Waals surface area contributed by atoms with Crippen molar-refractivity contribution in [2.45, 2.75) is 32.6 Å². The average Bonchev–Trinajstić information content (AvgIpc) is 2.75. The first-order valence-electron chi connectivity index (χ1n) is 7.84. The minimum Gasteiger partial charge on any atom is -0.356 e. The summed E-state index contributed by atoms with van der Waals surface area (Å²) in [6, 6.07) is 10.2. The predicted octanol–water partition coefficient (Wildman–Crippen LogP) is 4.67. The van der Waals surface area contributed by atoms with Crippen molar-refractivity contribution in [1.82, 2.24) is 9.97 Å². The Morgan fingerprint density at radius 3 is 2.55 bits per heavy atom. The molecule has 0 unspecified atom stereocenters. The molecule has 0 spiro atoms. The number of rotatable bonds is 3. The molecule has 0 amide bonds. The van der Waals surface area contributed by atoms with E-state index in [-0.39, 0.29) is 0 Å². The van der Waals surface area contributed by atoms with Gasteiger partial charge in [0, 0.05) is 29.3 Å². The quantitative estimate of drug-likeness (QED) is 0.863.